The molecule has 0 saturated carbocycles. The van der Waals surface area contributed by atoms with E-state index in [1.807, 2.05) is 46.6 Å². The lowest BCUT2D eigenvalue weighted by Crippen LogP contribution is -2.35. The summed E-state index contributed by atoms with van der Waals surface area (Å²) < 4.78 is 1.82. The van der Waals surface area contributed by atoms with Gasteiger partial charge in [-0.1, -0.05) is 25.1 Å². The molecule has 1 atom stereocenters. The topological polar surface area (TPSA) is 63.1 Å². The van der Waals surface area contributed by atoms with Gasteiger partial charge in [-0.2, -0.15) is 5.10 Å². The van der Waals surface area contributed by atoms with Gasteiger partial charge in [0.25, 0.3) is 5.91 Å². The van der Waals surface area contributed by atoms with Gasteiger partial charge in [-0.05, 0) is 56.8 Å². The lowest BCUT2D eigenvalue weighted by molar-refractivity contribution is 0.0948. The molecule has 0 aliphatic carbocycles. The highest BCUT2D eigenvalue weighted by atomic mass is 32.1. The van der Waals surface area contributed by atoms with Crippen LogP contribution in [0.4, 0.5) is 0 Å². The third-order valence-electron chi connectivity index (χ3n) is 5.51. The highest BCUT2D eigenvalue weighted by Gasteiger charge is 2.16. The molecular weight excluding hydrogens is 394 g/mol. The molecule has 1 amide bonds. The first-order valence-corrected chi connectivity index (χ1v) is 11.6. The van der Waals surface area contributed by atoms with Crippen LogP contribution in [0, 0.1) is 5.92 Å². The first-order valence-electron chi connectivity index (χ1n) is 10.8. The second-order valence-corrected chi connectivity index (χ2v) is 8.92. The Labute approximate surface area is 181 Å². The minimum Gasteiger partial charge on any atom is -0.351 e. The molecule has 0 bridgehead atoms. The van der Waals surface area contributed by atoms with Crippen molar-refractivity contribution in [2.45, 2.75) is 32.6 Å². The van der Waals surface area contributed by atoms with Crippen LogP contribution in [-0.2, 0) is 0 Å². The number of piperidine rings is 1. The zero-order valence-electron chi connectivity index (χ0n) is 17.5. The second kappa shape index (κ2) is 10.00. The minimum absolute atomic E-state index is 0.0976. The molecule has 30 heavy (non-hydrogen) atoms. The number of carbonyl (C=O) groups excluding carboxylic acids is 1. The molecule has 158 valence electrons. The predicted octanol–water partition coefficient (Wildman–Crippen LogP) is 4.24. The van der Waals surface area contributed by atoms with Crippen molar-refractivity contribution < 1.29 is 4.79 Å². The number of rotatable bonds is 8. The largest absolute Gasteiger partial charge is 0.351 e. The summed E-state index contributed by atoms with van der Waals surface area (Å²) in [6.45, 7) is 6.60. The minimum atomic E-state index is -0.0976. The zero-order chi connectivity index (χ0) is 20.8. The van der Waals surface area contributed by atoms with E-state index in [-0.39, 0.29) is 5.91 Å². The van der Waals surface area contributed by atoms with Gasteiger partial charge in [-0.15, -0.1) is 11.3 Å². The van der Waals surface area contributed by atoms with E-state index in [1.54, 1.807) is 6.20 Å². The van der Waals surface area contributed by atoms with E-state index in [4.69, 9.17) is 0 Å². The molecule has 0 radical (unpaired) electrons. The van der Waals surface area contributed by atoms with Crippen LogP contribution in [-0.4, -0.2) is 51.8 Å². The maximum Gasteiger partial charge on any atom is 0.270 e. The van der Waals surface area contributed by atoms with E-state index < -0.39 is 0 Å². The molecular formula is C23H29N5OS. The van der Waals surface area contributed by atoms with Gasteiger partial charge >= 0.3 is 0 Å². The molecule has 6 nitrogen and oxygen atoms in total. The summed E-state index contributed by atoms with van der Waals surface area (Å²) in [5.41, 5.74) is 2.39. The maximum absolute atomic E-state index is 12.4. The van der Waals surface area contributed by atoms with Crippen molar-refractivity contribution in [1.29, 1.82) is 0 Å². The van der Waals surface area contributed by atoms with Crippen LogP contribution in [0.2, 0.25) is 0 Å². The average Bonchev–Trinajstić information content (AvgIpc) is 3.44. The highest BCUT2D eigenvalue weighted by molar-refractivity contribution is 7.13. The average molecular weight is 424 g/mol. The third-order valence-corrected chi connectivity index (χ3v) is 6.41. The molecule has 1 unspecified atom stereocenters. The molecule has 1 fully saturated rings. The molecule has 2 aromatic heterocycles. The first-order chi connectivity index (χ1) is 14.7. The van der Waals surface area contributed by atoms with Gasteiger partial charge in [0, 0.05) is 30.2 Å². The van der Waals surface area contributed by atoms with Crippen molar-refractivity contribution in [1.82, 2.24) is 25.0 Å². The summed E-state index contributed by atoms with van der Waals surface area (Å²) in [6, 6.07) is 9.95. The fraction of sp³-hybridized carbons (Fsp3) is 0.435. The van der Waals surface area contributed by atoms with E-state index in [1.165, 1.54) is 37.3 Å². The van der Waals surface area contributed by atoms with Crippen LogP contribution in [0.1, 0.15) is 43.1 Å². The molecule has 0 spiro atoms. The SMILES string of the molecule is CC1CCCN(CCCCNC(=O)c2csc(-c3cnn(-c4ccccc4)c3)n2)C1. The fourth-order valence-corrected chi connectivity index (χ4v) is 4.68. The Kier molecular flexibility index (Phi) is 6.92. The van der Waals surface area contributed by atoms with Crippen molar-refractivity contribution in [3.8, 4) is 16.3 Å². The maximum atomic E-state index is 12.4. The molecule has 1 aromatic carbocycles. The molecule has 3 heterocycles. The number of para-hydroxylation sites is 1. The Morgan fingerprint density at radius 3 is 2.97 bits per heavy atom. The Bertz CT molecular complexity index is 951. The van der Waals surface area contributed by atoms with Gasteiger partial charge in [0.2, 0.25) is 0 Å². The van der Waals surface area contributed by atoms with E-state index in [0.717, 1.165) is 41.6 Å². The third kappa shape index (κ3) is 5.34. The van der Waals surface area contributed by atoms with Crippen molar-refractivity contribution in [2.24, 2.45) is 5.92 Å². The van der Waals surface area contributed by atoms with Crippen LogP contribution in [0.25, 0.3) is 16.3 Å². The Morgan fingerprint density at radius 2 is 2.13 bits per heavy atom. The summed E-state index contributed by atoms with van der Waals surface area (Å²) in [6.07, 6.45) is 8.52. The number of benzene rings is 1. The fourth-order valence-electron chi connectivity index (χ4n) is 3.91. The molecule has 1 aliphatic rings. The summed E-state index contributed by atoms with van der Waals surface area (Å²) >= 11 is 1.47. The Balaban J connectivity index is 1.24. The first kappa shape index (κ1) is 20.8. The van der Waals surface area contributed by atoms with Gasteiger partial charge in [0.1, 0.15) is 10.7 Å². The lowest BCUT2D eigenvalue weighted by atomic mass is 10.0. The van der Waals surface area contributed by atoms with Crippen LogP contribution in [0.3, 0.4) is 0 Å². The van der Waals surface area contributed by atoms with Gasteiger partial charge in [-0.25, -0.2) is 9.67 Å². The van der Waals surface area contributed by atoms with Crippen molar-refractivity contribution in [3.05, 3.63) is 53.8 Å². The number of aromatic nitrogens is 3. The zero-order valence-corrected chi connectivity index (χ0v) is 18.3. The summed E-state index contributed by atoms with van der Waals surface area (Å²) in [5.74, 6) is 0.719. The van der Waals surface area contributed by atoms with Gasteiger partial charge in [0.05, 0.1) is 11.9 Å². The van der Waals surface area contributed by atoms with E-state index in [0.29, 0.717) is 12.2 Å². The summed E-state index contributed by atoms with van der Waals surface area (Å²) in [5, 5.41) is 10.0. The molecule has 1 saturated heterocycles. The monoisotopic (exact) mass is 423 g/mol. The molecule has 1 aliphatic heterocycles. The van der Waals surface area contributed by atoms with Crippen molar-refractivity contribution >= 4 is 17.2 Å². The molecule has 7 heteroatoms. The Hall–Kier alpha value is -2.51. The number of hydrogen-bond acceptors (Lipinski definition) is 5. The van der Waals surface area contributed by atoms with E-state index >= 15 is 0 Å². The number of amides is 1. The van der Waals surface area contributed by atoms with Gasteiger partial charge in [0.15, 0.2) is 0 Å². The number of likely N-dealkylation sites (tertiary alicyclic amines) is 1. The second-order valence-electron chi connectivity index (χ2n) is 8.06. The lowest BCUT2D eigenvalue weighted by Gasteiger charge is -2.30. The molecule has 1 N–H and O–H groups in total. The van der Waals surface area contributed by atoms with Gasteiger partial charge in [-0.3, -0.25) is 4.79 Å². The highest BCUT2D eigenvalue weighted by Crippen LogP contribution is 2.24. The Morgan fingerprint density at radius 1 is 1.27 bits per heavy atom. The van der Waals surface area contributed by atoms with Crippen molar-refractivity contribution in [3.63, 3.8) is 0 Å². The molecule has 3 aromatic rings. The summed E-state index contributed by atoms with van der Waals surface area (Å²) in [7, 11) is 0. The quantitative estimate of drug-likeness (QED) is 0.551. The number of thiazole rings is 1. The standard InChI is InChI=1S/C23H29N5OS/c1-18-8-7-13-27(15-18)12-6-5-11-24-22(29)21-17-30-23(26-21)19-14-25-28(16-19)20-9-3-2-4-10-20/h2-4,9-10,14,16-18H,5-8,11-13,15H2,1H3,(H,24,29). The van der Waals surface area contributed by atoms with Crippen molar-refractivity contribution in [2.75, 3.05) is 26.2 Å². The predicted molar refractivity (Wildman–Crippen MR) is 121 cm³/mol. The van der Waals surface area contributed by atoms with Crippen LogP contribution >= 0.6 is 11.3 Å². The van der Waals surface area contributed by atoms with Gasteiger partial charge < -0.3 is 10.2 Å². The van der Waals surface area contributed by atoms with Crippen LogP contribution in [0.15, 0.2) is 48.1 Å². The number of unbranched alkanes of at least 4 members (excludes halogenated alkanes) is 1. The number of nitrogens with one attached hydrogen (secondary N) is 1. The van der Waals surface area contributed by atoms with E-state index in [2.05, 4.69) is 27.2 Å². The van der Waals surface area contributed by atoms with E-state index in [9.17, 15) is 4.79 Å². The van der Waals surface area contributed by atoms with Crippen LogP contribution < -0.4 is 5.32 Å². The van der Waals surface area contributed by atoms with Crippen LogP contribution in [0.5, 0.6) is 0 Å². The molecule has 4 rings (SSSR count). The number of hydrogen-bond donors (Lipinski definition) is 1. The normalized spacial score (nSPS) is 17.2. The summed E-state index contributed by atoms with van der Waals surface area (Å²) in [4.78, 5) is 19.5. The smallest absolute Gasteiger partial charge is 0.270 e. The number of nitrogens with zero attached hydrogens (tertiary/aromatic N) is 4. The number of carbonyl (C=O) groups is 1.